The van der Waals surface area contributed by atoms with Crippen molar-refractivity contribution in [2.24, 2.45) is 5.73 Å². The van der Waals surface area contributed by atoms with Gasteiger partial charge in [0.15, 0.2) is 0 Å². The molecule has 0 atom stereocenters. The Morgan fingerprint density at radius 3 is 2.13 bits per heavy atom. The first-order valence-corrected chi connectivity index (χ1v) is 5.90. The van der Waals surface area contributed by atoms with E-state index in [9.17, 15) is 0 Å². The number of benzene rings is 1. The lowest BCUT2D eigenvalue weighted by atomic mass is 10.0. The Balaban J connectivity index is 2.98. The molecule has 1 rings (SSSR count). The molecule has 1 aromatic carbocycles. The molecule has 0 spiro atoms. The van der Waals surface area contributed by atoms with Gasteiger partial charge in [0.1, 0.15) is 0 Å². The van der Waals surface area contributed by atoms with E-state index in [1.807, 2.05) is 0 Å². The fourth-order valence-corrected chi connectivity index (χ4v) is 1.69. The third-order valence-electron chi connectivity index (χ3n) is 2.43. The summed E-state index contributed by atoms with van der Waals surface area (Å²) in [6.07, 6.45) is 0. The molecule has 2 nitrogen and oxygen atoms in total. The molecular weight excluding hydrogens is 252 g/mol. The third-order valence-corrected chi connectivity index (χ3v) is 3.68. The predicted octanol–water partition coefficient (Wildman–Crippen LogP) is 3.22. The van der Waals surface area contributed by atoms with E-state index in [0.29, 0.717) is 6.54 Å². The van der Waals surface area contributed by atoms with Crippen LogP contribution in [0.25, 0.3) is 0 Å². The molecule has 0 amide bonds. The van der Waals surface area contributed by atoms with Crippen LogP contribution in [0, 0.1) is 13.8 Å². The SMILES string of the molecule is Cc1cc(NC(C)(C)CN)cc(C)c1Br. The van der Waals surface area contributed by atoms with E-state index in [0.717, 1.165) is 5.69 Å². The van der Waals surface area contributed by atoms with E-state index in [2.05, 4.69) is 61.1 Å². The second kappa shape index (κ2) is 4.54. The molecule has 0 aromatic heterocycles. The Morgan fingerprint density at radius 1 is 1.27 bits per heavy atom. The van der Waals surface area contributed by atoms with Crippen LogP contribution < -0.4 is 11.1 Å². The van der Waals surface area contributed by atoms with Gasteiger partial charge in [-0.15, -0.1) is 0 Å². The Kier molecular flexibility index (Phi) is 3.79. The van der Waals surface area contributed by atoms with Crippen molar-refractivity contribution in [1.82, 2.24) is 0 Å². The summed E-state index contributed by atoms with van der Waals surface area (Å²) in [5.41, 5.74) is 9.24. The minimum atomic E-state index is -0.0628. The van der Waals surface area contributed by atoms with Crippen LogP contribution in [0.4, 0.5) is 5.69 Å². The van der Waals surface area contributed by atoms with Gasteiger partial charge in [-0.25, -0.2) is 0 Å². The Bertz CT molecular complexity index is 336. The molecule has 3 heteroatoms. The van der Waals surface area contributed by atoms with Crippen LogP contribution >= 0.6 is 15.9 Å². The lowest BCUT2D eigenvalue weighted by molar-refractivity contribution is 0.580. The minimum Gasteiger partial charge on any atom is -0.379 e. The van der Waals surface area contributed by atoms with Crippen molar-refractivity contribution in [2.45, 2.75) is 33.2 Å². The van der Waals surface area contributed by atoms with Gasteiger partial charge in [-0.05, 0) is 51.0 Å². The summed E-state index contributed by atoms with van der Waals surface area (Å²) in [6.45, 7) is 9.00. The fraction of sp³-hybridized carbons (Fsp3) is 0.500. The minimum absolute atomic E-state index is 0.0628. The molecule has 84 valence electrons. The summed E-state index contributed by atoms with van der Waals surface area (Å²) >= 11 is 3.56. The van der Waals surface area contributed by atoms with Crippen molar-refractivity contribution >= 4 is 21.6 Å². The Morgan fingerprint density at radius 2 is 1.73 bits per heavy atom. The maximum absolute atomic E-state index is 5.69. The lowest BCUT2D eigenvalue weighted by Gasteiger charge is -2.26. The monoisotopic (exact) mass is 270 g/mol. The Hall–Kier alpha value is -0.540. The van der Waals surface area contributed by atoms with Gasteiger partial charge >= 0.3 is 0 Å². The van der Waals surface area contributed by atoms with Crippen molar-refractivity contribution in [3.63, 3.8) is 0 Å². The van der Waals surface area contributed by atoms with Crippen molar-refractivity contribution in [2.75, 3.05) is 11.9 Å². The van der Waals surface area contributed by atoms with Gasteiger partial charge in [0.2, 0.25) is 0 Å². The summed E-state index contributed by atoms with van der Waals surface area (Å²) in [7, 11) is 0. The van der Waals surface area contributed by atoms with Gasteiger partial charge in [0.25, 0.3) is 0 Å². The average Bonchev–Trinajstić information content (AvgIpc) is 2.13. The summed E-state index contributed by atoms with van der Waals surface area (Å²) in [5, 5.41) is 3.43. The average molecular weight is 271 g/mol. The molecule has 0 heterocycles. The molecule has 15 heavy (non-hydrogen) atoms. The topological polar surface area (TPSA) is 38.0 Å². The van der Waals surface area contributed by atoms with Crippen molar-refractivity contribution in [3.8, 4) is 0 Å². The highest BCUT2D eigenvalue weighted by atomic mass is 79.9. The highest BCUT2D eigenvalue weighted by molar-refractivity contribution is 9.10. The van der Waals surface area contributed by atoms with Crippen LogP contribution in [-0.2, 0) is 0 Å². The normalized spacial score (nSPS) is 11.6. The highest BCUT2D eigenvalue weighted by Crippen LogP contribution is 2.26. The van der Waals surface area contributed by atoms with Gasteiger partial charge in [-0.3, -0.25) is 0 Å². The van der Waals surface area contributed by atoms with Crippen molar-refractivity contribution in [3.05, 3.63) is 27.7 Å². The van der Waals surface area contributed by atoms with E-state index < -0.39 is 0 Å². The molecule has 0 aliphatic heterocycles. The van der Waals surface area contributed by atoms with Crippen LogP contribution in [0.3, 0.4) is 0 Å². The highest BCUT2D eigenvalue weighted by Gasteiger charge is 2.15. The van der Waals surface area contributed by atoms with Gasteiger partial charge in [-0.2, -0.15) is 0 Å². The van der Waals surface area contributed by atoms with Crippen LogP contribution in [0.5, 0.6) is 0 Å². The van der Waals surface area contributed by atoms with Gasteiger partial charge in [0, 0.05) is 22.2 Å². The molecule has 0 saturated heterocycles. The summed E-state index contributed by atoms with van der Waals surface area (Å²) in [4.78, 5) is 0. The first kappa shape index (κ1) is 12.5. The molecule has 0 saturated carbocycles. The van der Waals surface area contributed by atoms with Gasteiger partial charge < -0.3 is 11.1 Å². The van der Waals surface area contributed by atoms with E-state index in [1.165, 1.54) is 15.6 Å². The summed E-state index contributed by atoms with van der Waals surface area (Å²) in [6, 6.07) is 4.27. The number of nitrogens with two attached hydrogens (primary N) is 1. The number of halogens is 1. The number of rotatable bonds is 3. The van der Waals surface area contributed by atoms with Crippen molar-refractivity contribution < 1.29 is 0 Å². The number of hydrogen-bond acceptors (Lipinski definition) is 2. The summed E-state index contributed by atoms with van der Waals surface area (Å²) in [5.74, 6) is 0. The zero-order valence-electron chi connectivity index (χ0n) is 9.82. The molecule has 0 radical (unpaired) electrons. The molecule has 0 bridgehead atoms. The molecular formula is C12H19BrN2. The zero-order valence-corrected chi connectivity index (χ0v) is 11.4. The van der Waals surface area contributed by atoms with Crippen LogP contribution in [0.1, 0.15) is 25.0 Å². The Labute approximate surface area is 100 Å². The number of nitrogens with one attached hydrogen (secondary N) is 1. The van der Waals surface area contributed by atoms with E-state index in [4.69, 9.17) is 5.73 Å². The quantitative estimate of drug-likeness (QED) is 0.885. The van der Waals surface area contributed by atoms with E-state index in [1.54, 1.807) is 0 Å². The molecule has 3 N–H and O–H groups in total. The first-order valence-electron chi connectivity index (χ1n) is 5.11. The fourth-order valence-electron chi connectivity index (χ4n) is 1.46. The second-order valence-corrected chi connectivity index (χ2v) is 5.43. The number of anilines is 1. The second-order valence-electron chi connectivity index (χ2n) is 4.64. The molecule has 0 fully saturated rings. The molecule has 0 unspecified atom stereocenters. The maximum atomic E-state index is 5.69. The van der Waals surface area contributed by atoms with Crippen LogP contribution in [-0.4, -0.2) is 12.1 Å². The predicted molar refractivity (Wildman–Crippen MR) is 70.4 cm³/mol. The van der Waals surface area contributed by atoms with E-state index >= 15 is 0 Å². The van der Waals surface area contributed by atoms with Crippen LogP contribution in [0.2, 0.25) is 0 Å². The lowest BCUT2D eigenvalue weighted by Crippen LogP contribution is -2.39. The number of aryl methyl sites for hydroxylation is 2. The largest absolute Gasteiger partial charge is 0.379 e. The van der Waals surface area contributed by atoms with Crippen molar-refractivity contribution in [1.29, 1.82) is 0 Å². The van der Waals surface area contributed by atoms with Gasteiger partial charge in [0.05, 0.1) is 0 Å². The smallest absolute Gasteiger partial charge is 0.0439 e. The van der Waals surface area contributed by atoms with E-state index in [-0.39, 0.29) is 5.54 Å². The molecule has 1 aromatic rings. The number of hydrogen-bond donors (Lipinski definition) is 2. The molecule has 0 aliphatic rings. The third kappa shape index (κ3) is 3.21. The van der Waals surface area contributed by atoms with Crippen LogP contribution in [0.15, 0.2) is 16.6 Å². The van der Waals surface area contributed by atoms with Gasteiger partial charge in [-0.1, -0.05) is 15.9 Å². The maximum Gasteiger partial charge on any atom is 0.0439 e. The molecule has 0 aliphatic carbocycles. The first-order chi connectivity index (χ1) is 6.85. The standard InChI is InChI=1S/C12H19BrN2/c1-8-5-10(6-9(2)11(8)13)15-12(3,4)7-14/h5-6,15H,7,14H2,1-4H3. The summed E-state index contributed by atoms with van der Waals surface area (Å²) < 4.78 is 1.18. The zero-order chi connectivity index (χ0) is 11.6.